The largest absolute Gasteiger partial charge is 0.495 e. The molecule has 0 unspecified atom stereocenters. The second-order valence-electron chi connectivity index (χ2n) is 6.16. The van der Waals surface area contributed by atoms with E-state index in [9.17, 15) is 10.1 Å². The molecule has 0 aliphatic rings. The summed E-state index contributed by atoms with van der Waals surface area (Å²) in [5, 5.41) is 21.6. The number of hydrogen-bond donors (Lipinski definition) is 2. The number of aliphatic hydroxyl groups is 1. The Labute approximate surface area is 169 Å². The van der Waals surface area contributed by atoms with Crippen molar-refractivity contribution in [3.63, 3.8) is 0 Å². The van der Waals surface area contributed by atoms with Crippen LogP contribution in [0, 0.1) is 18.3 Å². The second-order valence-corrected chi connectivity index (χ2v) is 6.57. The highest BCUT2D eigenvalue weighted by molar-refractivity contribution is 6.31. The molecule has 28 heavy (non-hydrogen) atoms. The summed E-state index contributed by atoms with van der Waals surface area (Å²) in [7, 11) is 3.35. The number of anilines is 2. The Morgan fingerprint density at radius 2 is 2.04 bits per heavy atom. The summed E-state index contributed by atoms with van der Waals surface area (Å²) < 4.78 is 5.25. The molecule has 1 amide bonds. The quantitative estimate of drug-likeness (QED) is 0.548. The van der Waals surface area contributed by atoms with Crippen molar-refractivity contribution >= 4 is 35.0 Å². The van der Waals surface area contributed by atoms with Gasteiger partial charge in [0.2, 0.25) is 0 Å². The van der Waals surface area contributed by atoms with Crippen LogP contribution in [0.15, 0.2) is 42.0 Å². The first-order chi connectivity index (χ1) is 13.4. The number of amides is 1. The fraction of sp³-hybridized carbons (Fsp3) is 0.238. The second kappa shape index (κ2) is 9.79. The Kier molecular flexibility index (Phi) is 7.44. The van der Waals surface area contributed by atoms with E-state index in [0.717, 1.165) is 11.3 Å². The lowest BCUT2D eigenvalue weighted by Crippen LogP contribution is -2.20. The van der Waals surface area contributed by atoms with Crippen LogP contribution in [-0.4, -0.2) is 38.3 Å². The number of aliphatic hydroxyl groups excluding tert-OH is 1. The zero-order valence-corrected chi connectivity index (χ0v) is 16.7. The van der Waals surface area contributed by atoms with Crippen LogP contribution < -0.4 is 15.0 Å². The molecule has 0 bridgehead atoms. The van der Waals surface area contributed by atoms with E-state index in [2.05, 4.69) is 5.32 Å². The first kappa shape index (κ1) is 21.3. The van der Waals surface area contributed by atoms with Gasteiger partial charge >= 0.3 is 0 Å². The van der Waals surface area contributed by atoms with E-state index >= 15 is 0 Å². The molecular weight excluding hydrogens is 378 g/mol. The molecule has 0 aromatic heterocycles. The maximum atomic E-state index is 12.5. The summed E-state index contributed by atoms with van der Waals surface area (Å²) >= 11 is 6.08. The highest BCUT2D eigenvalue weighted by atomic mass is 35.5. The molecule has 7 heteroatoms. The van der Waals surface area contributed by atoms with Crippen LogP contribution in [0.1, 0.15) is 11.1 Å². The van der Waals surface area contributed by atoms with Crippen molar-refractivity contribution in [1.82, 2.24) is 0 Å². The molecule has 0 atom stereocenters. The van der Waals surface area contributed by atoms with Crippen molar-refractivity contribution in [3.8, 4) is 11.8 Å². The summed E-state index contributed by atoms with van der Waals surface area (Å²) in [6.45, 7) is 2.39. The van der Waals surface area contributed by atoms with Gasteiger partial charge in [-0.25, -0.2) is 0 Å². The van der Waals surface area contributed by atoms with Gasteiger partial charge in [0, 0.05) is 30.4 Å². The molecule has 2 N–H and O–H groups in total. The molecule has 2 aromatic carbocycles. The topological polar surface area (TPSA) is 85.6 Å². The van der Waals surface area contributed by atoms with Crippen molar-refractivity contribution in [2.24, 2.45) is 0 Å². The van der Waals surface area contributed by atoms with E-state index in [0.29, 0.717) is 28.6 Å². The Morgan fingerprint density at radius 1 is 1.36 bits per heavy atom. The number of benzene rings is 2. The van der Waals surface area contributed by atoms with Crippen molar-refractivity contribution < 1.29 is 14.6 Å². The lowest BCUT2D eigenvalue weighted by molar-refractivity contribution is -0.112. The summed E-state index contributed by atoms with van der Waals surface area (Å²) in [5.74, 6) is -0.124. The van der Waals surface area contributed by atoms with E-state index in [4.69, 9.17) is 21.4 Å². The highest BCUT2D eigenvalue weighted by Gasteiger charge is 2.14. The van der Waals surface area contributed by atoms with Crippen molar-refractivity contribution in [2.45, 2.75) is 6.92 Å². The molecular formula is C21H22ClN3O3. The smallest absolute Gasteiger partial charge is 0.266 e. The molecule has 0 spiro atoms. The van der Waals surface area contributed by atoms with Crippen LogP contribution >= 0.6 is 11.6 Å². The molecule has 6 nitrogen and oxygen atoms in total. The Hall–Kier alpha value is -3.01. The number of methoxy groups -OCH3 is 1. The fourth-order valence-corrected chi connectivity index (χ4v) is 2.69. The Bertz CT molecular complexity index is 918. The van der Waals surface area contributed by atoms with Gasteiger partial charge in [-0.15, -0.1) is 0 Å². The number of nitriles is 1. The average molecular weight is 400 g/mol. The van der Waals surface area contributed by atoms with Gasteiger partial charge in [0.05, 0.1) is 19.4 Å². The number of rotatable bonds is 7. The molecule has 0 saturated carbocycles. The molecule has 2 rings (SSSR count). The monoisotopic (exact) mass is 399 g/mol. The SMILES string of the molecule is COc1cc(Cl)c(C)cc1NC(=O)/C(C#N)=C/c1ccc(N(C)CCO)cc1. The van der Waals surface area contributed by atoms with Crippen molar-refractivity contribution in [2.75, 3.05) is 37.5 Å². The lowest BCUT2D eigenvalue weighted by Gasteiger charge is -2.17. The van der Waals surface area contributed by atoms with Gasteiger partial charge in [-0.3, -0.25) is 4.79 Å². The zero-order chi connectivity index (χ0) is 20.7. The van der Waals surface area contributed by atoms with Gasteiger partial charge in [0.25, 0.3) is 5.91 Å². The standard InChI is InChI=1S/C21H22ClN3O3/c1-14-10-19(20(28-3)12-18(14)22)24-21(27)16(13-23)11-15-4-6-17(7-5-15)25(2)8-9-26/h4-7,10-12,26H,8-9H2,1-3H3,(H,24,27)/b16-11+. The van der Waals surface area contributed by atoms with Gasteiger partial charge < -0.3 is 20.1 Å². The van der Waals surface area contributed by atoms with Crippen LogP contribution in [0.3, 0.4) is 0 Å². The molecule has 0 fully saturated rings. The number of likely N-dealkylation sites (N-methyl/N-ethyl adjacent to an activating group) is 1. The first-order valence-electron chi connectivity index (χ1n) is 8.59. The molecule has 2 aromatic rings. The third kappa shape index (κ3) is 5.26. The number of nitrogens with one attached hydrogen (secondary N) is 1. The minimum Gasteiger partial charge on any atom is -0.495 e. The van der Waals surface area contributed by atoms with Crippen molar-refractivity contribution in [3.05, 3.63) is 58.1 Å². The summed E-state index contributed by atoms with van der Waals surface area (Å²) in [5.41, 5.74) is 2.83. The van der Waals surface area contributed by atoms with Gasteiger partial charge in [-0.05, 0) is 42.3 Å². The number of nitrogens with zero attached hydrogens (tertiary/aromatic N) is 2. The number of carbonyl (C=O) groups excluding carboxylic acids is 1. The maximum Gasteiger partial charge on any atom is 0.266 e. The Morgan fingerprint density at radius 3 is 2.61 bits per heavy atom. The number of carbonyl (C=O) groups is 1. The Balaban J connectivity index is 2.22. The van der Waals surface area contributed by atoms with Gasteiger partial charge in [-0.1, -0.05) is 23.7 Å². The molecule has 0 heterocycles. The number of ether oxygens (including phenoxy) is 1. The normalized spacial score (nSPS) is 10.9. The van der Waals surface area contributed by atoms with Crippen LogP contribution in [-0.2, 0) is 4.79 Å². The zero-order valence-electron chi connectivity index (χ0n) is 16.0. The molecule has 0 aliphatic carbocycles. The van der Waals surface area contributed by atoms with E-state index in [1.165, 1.54) is 13.2 Å². The third-order valence-electron chi connectivity index (χ3n) is 4.17. The maximum absolute atomic E-state index is 12.5. The van der Waals surface area contributed by atoms with Gasteiger partial charge in [-0.2, -0.15) is 5.26 Å². The third-order valence-corrected chi connectivity index (χ3v) is 4.58. The number of aryl methyl sites for hydroxylation is 1. The number of hydrogen-bond acceptors (Lipinski definition) is 5. The summed E-state index contributed by atoms with van der Waals surface area (Å²) in [4.78, 5) is 14.4. The lowest BCUT2D eigenvalue weighted by atomic mass is 10.1. The van der Waals surface area contributed by atoms with Crippen LogP contribution in [0.25, 0.3) is 6.08 Å². The van der Waals surface area contributed by atoms with E-state index < -0.39 is 5.91 Å². The van der Waals surface area contributed by atoms with E-state index in [-0.39, 0.29) is 12.2 Å². The van der Waals surface area contributed by atoms with Crippen LogP contribution in [0.4, 0.5) is 11.4 Å². The van der Waals surface area contributed by atoms with E-state index in [1.807, 2.05) is 37.1 Å². The minimum atomic E-state index is -0.538. The van der Waals surface area contributed by atoms with Crippen LogP contribution in [0.5, 0.6) is 5.75 Å². The highest BCUT2D eigenvalue weighted by Crippen LogP contribution is 2.31. The predicted molar refractivity (Wildman–Crippen MR) is 112 cm³/mol. The van der Waals surface area contributed by atoms with E-state index in [1.54, 1.807) is 24.3 Å². The molecule has 0 aliphatic heterocycles. The summed E-state index contributed by atoms with van der Waals surface area (Å²) in [6.07, 6.45) is 1.51. The predicted octanol–water partition coefficient (Wildman–Crippen LogP) is 3.63. The number of halogens is 1. The van der Waals surface area contributed by atoms with Gasteiger partial charge in [0.1, 0.15) is 17.4 Å². The minimum absolute atomic E-state index is 0.0360. The molecule has 0 saturated heterocycles. The molecule has 146 valence electrons. The summed E-state index contributed by atoms with van der Waals surface area (Å²) in [6, 6.07) is 12.6. The van der Waals surface area contributed by atoms with Gasteiger partial charge in [0.15, 0.2) is 0 Å². The fourth-order valence-electron chi connectivity index (χ4n) is 2.54. The van der Waals surface area contributed by atoms with Crippen molar-refractivity contribution in [1.29, 1.82) is 5.26 Å². The first-order valence-corrected chi connectivity index (χ1v) is 8.96. The van der Waals surface area contributed by atoms with Crippen LogP contribution in [0.2, 0.25) is 5.02 Å². The average Bonchev–Trinajstić information content (AvgIpc) is 2.69. The molecule has 0 radical (unpaired) electrons.